The minimum Gasteiger partial charge on any atom is -0.352 e. The van der Waals surface area contributed by atoms with Crippen LogP contribution in [0.5, 0.6) is 0 Å². The number of aryl methyl sites for hydroxylation is 1. The Bertz CT molecular complexity index is 1640. The molecule has 1 spiro atoms. The summed E-state index contributed by atoms with van der Waals surface area (Å²) in [4.78, 5) is 46.1. The van der Waals surface area contributed by atoms with Crippen LogP contribution < -0.4 is 4.90 Å². The van der Waals surface area contributed by atoms with Crippen molar-refractivity contribution in [2.24, 2.45) is 5.41 Å². The molecule has 1 unspecified atom stereocenters. The number of nitrogens with zero attached hydrogens (tertiary/aromatic N) is 1. The second-order valence-electron chi connectivity index (χ2n) is 10.2. The summed E-state index contributed by atoms with van der Waals surface area (Å²) < 4.78 is 0. The van der Waals surface area contributed by atoms with Gasteiger partial charge in [0.1, 0.15) is 11.5 Å². The molecule has 3 aromatic carbocycles. The van der Waals surface area contributed by atoms with Gasteiger partial charge in [0.25, 0.3) is 0 Å². The summed E-state index contributed by atoms with van der Waals surface area (Å²) in [7, 11) is 0. The SMILES string of the molecule is Cc1ccc([C@@H]2[C@@H](C(=O)c3cccs3)N3c4ccc(Cl)cc4C=CC3C23C(=O)c2ccccc2C3=O)cc1. The van der Waals surface area contributed by atoms with Gasteiger partial charge in [-0.05, 0) is 47.7 Å². The highest BCUT2D eigenvalue weighted by molar-refractivity contribution is 7.12. The van der Waals surface area contributed by atoms with Crippen LogP contribution in [0.15, 0.2) is 90.3 Å². The summed E-state index contributed by atoms with van der Waals surface area (Å²) in [5.74, 6) is -1.23. The lowest BCUT2D eigenvalue weighted by Crippen LogP contribution is -2.48. The standard InChI is InChI=1S/C32H22ClNO3S/c1-18-8-10-19(11-9-18)27-28(29(35)25-7-4-16-38-25)34-24-14-13-21(33)17-20(24)12-15-26(34)32(27)30(36)22-5-2-3-6-23(22)31(32)37/h2-17,26-28H,1H3/t26?,27-,28+/m1/s1. The zero-order chi connectivity index (χ0) is 26.2. The maximum atomic E-state index is 14.5. The molecule has 3 atom stereocenters. The Labute approximate surface area is 229 Å². The van der Waals surface area contributed by atoms with Gasteiger partial charge in [-0.3, -0.25) is 14.4 Å². The quantitative estimate of drug-likeness (QED) is 0.209. The molecule has 0 bridgehead atoms. The summed E-state index contributed by atoms with van der Waals surface area (Å²) in [5.41, 5.74) is 2.88. The molecule has 1 saturated heterocycles. The highest BCUT2D eigenvalue weighted by atomic mass is 35.5. The Morgan fingerprint density at radius 1 is 0.921 bits per heavy atom. The minimum atomic E-state index is -1.48. The molecule has 1 aromatic heterocycles. The molecule has 6 heteroatoms. The minimum absolute atomic E-state index is 0.0970. The maximum Gasteiger partial charge on any atom is 0.195 e. The average molecular weight is 536 g/mol. The molecule has 4 aromatic rings. The van der Waals surface area contributed by atoms with Gasteiger partial charge in [-0.2, -0.15) is 0 Å². The van der Waals surface area contributed by atoms with Crippen molar-refractivity contribution in [3.05, 3.63) is 128 Å². The summed E-state index contributed by atoms with van der Waals surface area (Å²) in [6, 6.07) is 22.7. The Morgan fingerprint density at radius 2 is 1.63 bits per heavy atom. The third-order valence-electron chi connectivity index (χ3n) is 8.23. The molecule has 3 aliphatic rings. The summed E-state index contributed by atoms with van der Waals surface area (Å²) in [6.07, 6.45) is 3.85. The molecule has 3 heterocycles. The van der Waals surface area contributed by atoms with E-state index in [2.05, 4.69) is 0 Å². The van der Waals surface area contributed by atoms with Crippen LogP contribution in [0.4, 0.5) is 5.69 Å². The number of benzene rings is 3. The average Bonchev–Trinajstić information content (AvgIpc) is 3.62. The fourth-order valence-electron chi connectivity index (χ4n) is 6.66. The Balaban J connectivity index is 1.56. The highest BCUT2D eigenvalue weighted by Gasteiger charge is 2.71. The summed E-state index contributed by atoms with van der Waals surface area (Å²) >= 11 is 7.72. The van der Waals surface area contributed by atoms with E-state index >= 15 is 0 Å². The number of thiophene rings is 1. The smallest absolute Gasteiger partial charge is 0.195 e. The van der Waals surface area contributed by atoms with E-state index in [-0.39, 0.29) is 17.3 Å². The van der Waals surface area contributed by atoms with Crippen molar-refractivity contribution in [1.82, 2.24) is 0 Å². The number of ketones is 3. The van der Waals surface area contributed by atoms with E-state index in [0.717, 1.165) is 22.4 Å². The van der Waals surface area contributed by atoms with E-state index in [4.69, 9.17) is 11.6 Å². The lowest BCUT2D eigenvalue weighted by molar-refractivity contribution is 0.0666. The first-order valence-electron chi connectivity index (χ1n) is 12.5. The zero-order valence-electron chi connectivity index (χ0n) is 20.4. The van der Waals surface area contributed by atoms with Crippen LogP contribution in [0, 0.1) is 12.3 Å². The Kier molecular flexibility index (Phi) is 5.13. The normalized spacial score (nSPS) is 22.5. The highest BCUT2D eigenvalue weighted by Crippen LogP contribution is 2.61. The van der Waals surface area contributed by atoms with Gasteiger partial charge >= 0.3 is 0 Å². The van der Waals surface area contributed by atoms with Gasteiger partial charge in [-0.15, -0.1) is 11.3 Å². The van der Waals surface area contributed by atoms with Gasteiger partial charge in [0, 0.05) is 27.8 Å². The molecule has 0 saturated carbocycles. The first kappa shape index (κ1) is 23.3. The molecule has 38 heavy (non-hydrogen) atoms. The molecular weight excluding hydrogens is 514 g/mol. The van der Waals surface area contributed by atoms with E-state index in [1.165, 1.54) is 11.3 Å². The number of fused-ring (bicyclic) bond motifs is 5. The second kappa shape index (κ2) is 8.35. The van der Waals surface area contributed by atoms with E-state index in [1.54, 1.807) is 30.3 Å². The molecule has 0 N–H and O–H groups in total. The lowest BCUT2D eigenvalue weighted by atomic mass is 9.64. The van der Waals surface area contributed by atoms with Crippen LogP contribution >= 0.6 is 22.9 Å². The monoisotopic (exact) mass is 535 g/mol. The van der Waals surface area contributed by atoms with E-state index < -0.39 is 23.4 Å². The first-order valence-corrected chi connectivity index (χ1v) is 13.8. The molecule has 7 rings (SSSR count). The molecule has 2 aliphatic heterocycles. The van der Waals surface area contributed by atoms with E-state index in [0.29, 0.717) is 21.0 Å². The van der Waals surface area contributed by atoms with Gasteiger partial charge in [-0.1, -0.05) is 83.9 Å². The number of hydrogen-bond acceptors (Lipinski definition) is 5. The maximum absolute atomic E-state index is 14.5. The van der Waals surface area contributed by atoms with Crippen LogP contribution in [-0.4, -0.2) is 29.4 Å². The molecule has 1 aliphatic carbocycles. The van der Waals surface area contributed by atoms with E-state index in [9.17, 15) is 14.4 Å². The first-order chi connectivity index (χ1) is 18.4. The summed E-state index contributed by atoms with van der Waals surface area (Å²) in [5, 5.41) is 2.46. The number of carbonyl (C=O) groups is 3. The van der Waals surface area contributed by atoms with Gasteiger partial charge in [-0.25, -0.2) is 0 Å². The second-order valence-corrected chi connectivity index (χ2v) is 11.5. The lowest BCUT2D eigenvalue weighted by Gasteiger charge is -2.37. The van der Waals surface area contributed by atoms with Crippen LogP contribution in [-0.2, 0) is 0 Å². The molecule has 1 fully saturated rings. The fraction of sp³-hybridized carbons (Fsp3) is 0.156. The third-order valence-corrected chi connectivity index (χ3v) is 9.35. The van der Waals surface area contributed by atoms with Gasteiger partial charge in [0.15, 0.2) is 17.3 Å². The number of hydrogen-bond donors (Lipinski definition) is 0. The molecule has 0 amide bonds. The van der Waals surface area contributed by atoms with Gasteiger partial charge in [0.05, 0.1) is 10.9 Å². The van der Waals surface area contributed by atoms with Crippen molar-refractivity contribution >= 4 is 52.1 Å². The Hall–Kier alpha value is -3.80. The number of halogens is 1. The van der Waals surface area contributed by atoms with Crippen LogP contribution in [0.25, 0.3) is 6.08 Å². The predicted molar refractivity (Wildman–Crippen MR) is 151 cm³/mol. The molecule has 0 radical (unpaired) electrons. The topological polar surface area (TPSA) is 54.5 Å². The van der Waals surface area contributed by atoms with Crippen LogP contribution in [0.3, 0.4) is 0 Å². The van der Waals surface area contributed by atoms with Crippen molar-refractivity contribution in [2.45, 2.75) is 24.9 Å². The molecule has 4 nitrogen and oxygen atoms in total. The Morgan fingerprint density at radius 3 is 2.29 bits per heavy atom. The number of rotatable bonds is 3. The largest absolute Gasteiger partial charge is 0.352 e. The third kappa shape index (κ3) is 3.00. The molecule has 186 valence electrons. The number of anilines is 1. The fourth-order valence-corrected chi connectivity index (χ4v) is 7.54. The van der Waals surface area contributed by atoms with Crippen molar-refractivity contribution < 1.29 is 14.4 Å². The van der Waals surface area contributed by atoms with Crippen LogP contribution in [0.2, 0.25) is 5.02 Å². The van der Waals surface area contributed by atoms with Crippen molar-refractivity contribution in [3.8, 4) is 0 Å². The van der Waals surface area contributed by atoms with Crippen molar-refractivity contribution in [1.29, 1.82) is 0 Å². The van der Waals surface area contributed by atoms with Gasteiger partial charge < -0.3 is 4.90 Å². The van der Waals surface area contributed by atoms with Crippen LogP contribution in [0.1, 0.15) is 53.0 Å². The van der Waals surface area contributed by atoms with Crippen molar-refractivity contribution in [3.63, 3.8) is 0 Å². The van der Waals surface area contributed by atoms with E-state index in [1.807, 2.05) is 77.9 Å². The molecular formula is C32H22ClNO3S. The predicted octanol–water partition coefficient (Wildman–Crippen LogP) is 7.03. The van der Waals surface area contributed by atoms with Gasteiger partial charge in [0.2, 0.25) is 0 Å². The van der Waals surface area contributed by atoms with Crippen molar-refractivity contribution in [2.75, 3.05) is 4.90 Å². The zero-order valence-corrected chi connectivity index (χ0v) is 22.0. The number of carbonyl (C=O) groups excluding carboxylic acids is 3. The number of Topliss-reactive ketones (excluding diaryl/α,β-unsaturated/α-hetero) is 3. The summed E-state index contributed by atoms with van der Waals surface area (Å²) in [6.45, 7) is 2.00.